The smallest absolute Gasteiger partial charge is 0.278 e. The molecule has 10 nitrogen and oxygen atoms in total. The van der Waals surface area contributed by atoms with Gasteiger partial charge in [0.1, 0.15) is 0 Å². The number of nitrogens with one attached hydrogen (secondary N) is 3. The van der Waals surface area contributed by atoms with Crippen LogP contribution in [-0.4, -0.2) is 39.5 Å². The number of benzene rings is 2. The molecule has 0 saturated heterocycles. The molecule has 0 radical (unpaired) electrons. The van der Waals surface area contributed by atoms with Crippen molar-refractivity contribution < 1.29 is 19.1 Å². The molecular weight excluding hydrogens is 446 g/mol. The maximum atomic E-state index is 12.7. The molecule has 2 aromatic carbocycles. The largest absolute Gasteiger partial charge is 0.454 e. The lowest BCUT2D eigenvalue weighted by Crippen LogP contribution is -2.18. The van der Waals surface area contributed by atoms with Crippen LogP contribution in [0.5, 0.6) is 11.5 Å². The second-order valence-corrected chi connectivity index (χ2v) is 8.36. The van der Waals surface area contributed by atoms with Gasteiger partial charge in [-0.1, -0.05) is 23.4 Å². The summed E-state index contributed by atoms with van der Waals surface area (Å²) < 4.78 is 10.5. The van der Waals surface area contributed by atoms with E-state index >= 15 is 0 Å². The van der Waals surface area contributed by atoms with Crippen LogP contribution < -0.4 is 25.7 Å². The Balaban J connectivity index is 1.47. The van der Waals surface area contributed by atoms with Crippen molar-refractivity contribution in [3.63, 3.8) is 0 Å². The molecule has 0 spiro atoms. The molecule has 1 aromatic heterocycles. The SMILES string of the molecule is CC(=O)Nc1c(C)cc(C)cc1-c1nnc(SCC(=O)Nc2ccc3c(c2)OCO3)[nH]c1=O. The van der Waals surface area contributed by atoms with Gasteiger partial charge in [0, 0.05) is 24.2 Å². The van der Waals surface area contributed by atoms with Crippen LogP contribution in [0.15, 0.2) is 40.3 Å². The van der Waals surface area contributed by atoms with Gasteiger partial charge in [0.05, 0.1) is 11.4 Å². The standard InChI is InChI=1S/C22H21N5O5S/c1-11-6-12(2)19(23-13(3)28)15(7-11)20-21(30)25-22(27-26-20)33-9-18(29)24-14-4-5-16-17(8-14)32-10-31-16/h4-8H,9-10H2,1-3H3,(H,23,28)(H,24,29)(H,25,27,30). The Hall–Kier alpha value is -3.86. The molecular formula is C22H21N5O5S. The first-order valence-electron chi connectivity index (χ1n) is 9.98. The Labute approximate surface area is 193 Å². The molecule has 3 aromatic rings. The maximum absolute atomic E-state index is 12.7. The molecule has 4 rings (SSSR count). The number of carbonyl (C=O) groups is 2. The minimum absolute atomic E-state index is 0.0130. The highest BCUT2D eigenvalue weighted by Gasteiger charge is 2.17. The lowest BCUT2D eigenvalue weighted by molar-refractivity contribution is -0.114. The fourth-order valence-corrected chi connectivity index (χ4v) is 3.97. The zero-order valence-corrected chi connectivity index (χ0v) is 19.0. The summed E-state index contributed by atoms with van der Waals surface area (Å²) in [6.07, 6.45) is 0. The minimum atomic E-state index is -0.472. The summed E-state index contributed by atoms with van der Waals surface area (Å²) in [5.41, 5.74) is 2.89. The topological polar surface area (TPSA) is 135 Å². The average Bonchev–Trinajstić information content (AvgIpc) is 3.22. The van der Waals surface area contributed by atoms with E-state index in [2.05, 4.69) is 25.8 Å². The predicted molar refractivity (Wildman–Crippen MR) is 124 cm³/mol. The number of aryl methyl sites for hydroxylation is 2. The minimum Gasteiger partial charge on any atom is -0.454 e. The highest BCUT2D eigenvalue weighted by Crippen LogP contribution is 2.34. The number of rotatable bonds is 6. The normalized spacial score (nSPS) is 11.8. The van der Waals surface area contributed by atoms with Crippen LogP contribution in [0.2, 0.25) is 0 Å². The van der Waals surface area contributed by atoms with Crippen molar-refractivity contribution in [3.8, 4) is 22.8 Å². The average molecular weight is 468 g/mol. The van der Waals surface area contributed by atoms with Crippen molar-refractivity contribution in [1.29, 1.82) is 0 Å². The number of anilines is 2. The van der Waals surface area contributed by atoms with Gasteiger partial charge in [0.15, 0.2) is 22.3 Å². The first kappa shape index (κ1) is 22.3. The number of aromatic nitrogens is 3. The van der Waals surface area contributed by atoms with Crippen LogP contribution in [0.3, 0.4) is 0 Å². The number of amides is 2. The van der Waals surface area contributed by atoms with E-state index in [0.29, 0.717) is 28.4 Å². The summed E-state index contributed by atoms with van der Waals surface area (Å²) in [6, 6.07) is 8.78. The van der Waals surface area contributed by atoms with Crippen LogP contribution in [-0.2, 0) is 9.59 Å². The number of hydrogen-bond acceptors (Lipinski definition) is 8. The zero-order valence-electron chi connectivity index (χ0n) is 18.1. The number of thioether (sulfide) groups is 1. The molecule has 170 valence electrons. The van der Waals surface area contributed by atoms with Gasteiger partial charge < -0.3 is 20.1 Å². The van der Waals surface area contributed by atoms with Crippen LogP contribution in [0.4, 0.5) is 11.4 Å². The van der Waals surface area contributed by atoms with Crippen molar-refractivity contribution in [2.45, 2.75) is 25.9 Å². The van der Waals surface area contributed by atoms with E-state index in [1.54, 1.807) is 24.3 Å². The fourth-order valence-electron chi connectivity index (χ4n) is 3.36. The lowest BCUT2D eigenvalue weighted by atomic mass is 10.0. The first-order valence-corrected chi connectivity index (χ1v) is 11.0. The van der Waals surface area contributed by atoms with Gasteiger partial charge in [-0.05, 0) is 37.6 Å². The fraction of sp³-hybridized carbons (Fsp3) is 0.227. The summed E-state index contributed by atoms with van der Waals surface area (Å²) in [5.74, 6) is 0.664. The lowest BCUT2D eigenvalue weighted by Gasteiger charge is -2.13. The Morgan fingerprint density at radius 2 is 1.88 bits per heavy atom. The second-order valence-electron chi connectivity index (χ2n) is 7.40. The quantitative estimate of drug-likeness (QED) is 0.471. The summed E-state index contributed by atoms with van der Waals surface area (Å²) in [7, 11) is 0. The highest BCUT2D eigenvalue weighted by molar-refractivity contribution is 7.99. The highest BCUT2D eigenvalue weighted by atomic mass is 32.2. The molecule has 0 aliphatic carbocycles. The van der Waals surface area contributed by atoms with Crippen molar-refractivity contribution >= 4 is 35.0 Å². The summed E-state index contributed by atoms with van der Waals surface area (Å²) >= 11 is 1.05. The van der Waals surface area contributed by atoms with Crippen molar-refractivity contribution in [1.82, 2.24) is 15.2 Å². The maximum Gasteiger partial charge on any atom is 0.278 e. The molecule has 0 bridgehead atoms. The van der Waals surface area contributed by atoms with E-state index < -0.39 is 5.56 Å². The van der Waals surface area contributed by atoms with Crippen LogP contribution >= 0.6 is 11.8 Å². The predicted octanol–water partition coefficient (Wildman–Crippen LogP) is 2.87. The monoisotopic (exact) mass is 467 g/mol. The van der Waals surface area contributed by atoms with Gasteiger partial charge in [0.25, 0.3) is 5.56 Å². The van der Waals surface area contributed by atoms with E-state index in [1.807, 2.05) is 19.9 Å². The molecule has 3 N–H and O–H groups in total. The number of hydrogen-bond donors (Lipinski definition) is 3. The van der Waals surface area contributed by atoms with Gasteiger partial charge in [-0.2, -0.15) is 0 Å². The Kier molecular flexibility index (Phi) is 6.31. The molecule has 2 heterocycles. The van der Waals surface area contributed by atoms with E-state index in [-0.39, 0.29) is 35.2 Å². The van der Waals surface area contributed by atoms with Gasteiger partial charge in [0.2, 0.25) is 18.6 Å². The van der Waals surface area contributed by atoms with Crippen LogP contribution in [0.1, 0.15) is 18.1 Å². The molecule has 0 unspecified atom stereocenters. The third-order valence-electron chi connectivity index (χ3n) is 4.71. The molecule has 33 heavy (non-hydrogen) atoms. The molecule has 2 amide bonds. The van der Waals surface area contributed by atoms with Gasteiger partial charge in [-0.25, -0.2) is 0 Å². The molecule has 0 saturated carbocycles. The summed E-state index contributed by atoms with van der Waals surface area (Å²) in [4.78, 5) is 39.3. The third-order valence-corrected chi connectivity index (χ3v) is 5.57. The van der Waals surface area contributed by atoms with E-state index in [9.17, 15) is 14.4 Å². The van der Waals surface area contributed by atoms with Crippen LogP contribution in [0, 0.1) is 13.8 Å². The van der Waals surface area contributed by atoms with E-state index in [4.69, 9.17) is 9.47 Å². The van der Waals surface area contributed by atoms with E-state index in [1.165, 1.54) is 6.92 Å². The number of nitrogens with zero attached hydrogens (tertiary/aromatic N) is 2. The van der Waals surface area contributed by atoms with Crippen molar-refractivity contribution in [2.75, 3.05) is 23.2 Å². The second kappa shape index (κ2) is 9.33. The molecule has 0 atom stereocenters. The number of aromatic amines is 1. The van der Waals surface area contributed by atoms with E-state index in [0.717, 1.165) is 22.9 Å². The van der Waals surface area contributed by atoms with Crippen molar-refractivity contribution in [3.05, 3.63) is 51.8 Å². The van der Waals surface area contributed by atoms with Crippen molar-refractivity contribution in [2.24, 2.45) is 0 Å². The number of ether oxygens (including phenoxy) is 2. The molecule has 1 aliphatic heterocycles. The Morgan fingerprint density at radius 3 is 2.64 bits per heavy atom. The zero-order chi connectivity index (χ0) is 23.5. The molecule has 11 heteroatoms. The Morgan fingerprint density at radius 1 is 1.09 bits per heavy atom. The number of carbonyl (C=O) groups excluding carboxylic acids is 2. The van der Waals surface area contributed by atoms with Gasteiger partial charge >= 0.3 is 0 Å². The van der Waals surface area contributed by atoms with Gasteiger partial charge in [-0.3, -0.25) is 19.4 Å². The first-order chi connectivity index (χ1) is 15.8. The van der Waals surface area contributed by atoms with Crippen LogP contribution in [0.25, 0.3) is 11.3 Å². The molecule has 0 fully saturated rings. The Bertz CT molecular complexity index is 1310. The van der Waals surface area contributed by atoms with Gasteiger partial charge in [-0.15, -0.1) is 10.2 Å². The summed E-state index contributed by atoms with van der Waals surface area (Å²) in [5, 5.41) is 13.8. The number of fused-ring (bicyclic) bond motifs is 1. The summed E-state index contributed by atoms with van der Waals surface area (Å²) in [6.45, 7) is 5.28. The third kappa shape index (κ3) is 5.14. The molecule has 1 aliphatic rings. The number of H-pyrrole nitrogens is 1.